The number of carboxylic acids is 1. The van der Waals surface area contributed by atoms with E-state index in [0.29, 0.717) is 10.0 Å². The third-order valence-electron chi connectivity index (χ3n) is 2.52. The lowest BCUT2D eigenvalue weighted by molar-refractivity contribution is -0.138. The van der Waals surface area contributed by atoms with E-state index in [9.17, 15) is 14.0 Å². The molecule has 22 heavy (non-hydrogen) atoms. The molecule has 1 aliphatic rings. The van der Waals surface area contributed by atoms with Gasteiger partial charge in [0.15, 0.2) is 5.17 Å². The SMILES string of the molecule is O=C(O)CC1SC(=NN=Cc2cc(F)c(Br)cc2I)NC1=O. The van der Waals surface area contributed by atoms with E-state index in [1.54, 1.807) is 6.07 Å². The molecule has 2 rings (SSSR count). The number of thioether (sulfide) groups is 1. The second-order valence-electron chi connectivity index (χ2n) is 4.13. The fourth-order valence-electron chi connectivity index (χ4n) is 1.53. The number of nitrogens with one attached hydrogen (secondary N) is 1. The Balaban J connectivity index is 2.08. The summed E-state index contributed by atoms with van der Waals surface area (Å²) < 4.78 is 14.6. The van der Waals surface area contributed by atoms with E-state index in [1.165, 1.54) is 12.3 Å². The van der Waals surface area contributed by atoms with Crippen LogP contribution in [-0.2, 0) is 9.59 Å². The van der Waals surface area contributed by atoms with E-state index in [2.05, 4.69) is 31.4 Å². The Kier molecular flexibility index (Phi) is 5.92. The van der Waals surface area contributed by atoms with Crippen LogP contribution in [-0.4, -0.2) is 33.6 Å². The second kappa shape index (κ2) is 7.51. The predicted molar refractivity (Wildman–Crippen MR) is 93.6 cm³/mol. The number of amides is 1. The van der Waals surface area contributed by atoms with Crippen LogP contribution in [0.3, 0.4) is 0 Å². The largest absolute Gasteiger partial charge is 0.481 e. The average molecular weight is 500 g/mol. The van der Waals surface area contributed by atoms with Gasteiger partial charge in [-0.2, -0.15) is 5.10 Å². The van der Waals surface area contributed by atoms with Gasteiger partial charge < -0.3 is 10.4 Å². The summed E-state index contributed by atoms with van der Waals surface area (Å²) in [6.07, 6.45) is 1.08. The zero-order chi connectivity index (χ0) is 16.3. The number of nitrogens with zero attached hydrogens (tertiary/aromatic N) is 2. The molecule has 1 fully saturated rings. The van der Waals surface area contributed by atoms with Crippen LogP contribution in [0.5, 0.6) is 0 Å². The van der Waals surface area contributed by atoms with Gasteiger partial charge in [-0.3, -0.25) is 9.59 Å². The van der Waals surface area contributed by atoms with Crippen molar-refractivity contribution in [3.8, 4) is 0 Å². The van der Waals surface area contributed by atoms with E-state index in [-0.39, 0.29) is 11.6 Å². The van der Waals surface area contributed by atoms with Crippen LogP contribution in [0.2, 0.25) is 0 Å². The number of benzene rings is 1. The third kappa shape index (κ3) is 4.49. The van der Waals surface area contributed by atoms with Gasteiger partial charge >= 0.3 is 5.97 Å². The molecule has 1 atom stereocenters. The number of amidine groups is 1. The first-order chi connectivity index (χ1) is 10.4. The Bertz CT molecular complexity index is 698. The Morgan fingerprint density at radius 3 is 3.00 bits per heavy atom. The summed E-state index contributed by atoms with van der Waals surface area (Å²) >= 11 is 6.12. The maximum absolute atomic E-state index is 13.4. The number of rotatable bonds is 4. The number of aliphatic carboxylic acids is 1. The summed E-state index contributed by atoms with van der Waals surface area (Å²) in [5.74, 6) is -1.89. The highest BCUT2D eigenvalue weighted by molar-refractivity contribution is 14.1. The highest BCUT2D eigenvalue weighted by Gasteiger charge is 2.32. The van der Waals surface area contributed by atoms with Crippen LogP contribution >= 0.6 is 50.3 Å². The molecular weight excluding hydrogens is 492 g/mol. The number of hydrogen-bond donors (Lipinski definition) is 2. The van der Waals surface area contributed by atoms with Gasteiger partial charge in [-0.15, -0.1) is 5.10 Å². The minimum Gasteiger partial charge on any atom is -0.481 e. The molecule has 1 saturated heterocycles. The predicted octanol–water partition coefficient (Wildman–Crippen LogP) is 2.59. The van der Waals surface area contributed by atoms with Gasteiger partial charge in [-0.25, -0.2) is 4.39 Å². The summed E-state index contributed by atoms with van der Waals surface area (Å²) in [6.45, 7) is 0. The number of halogens is 3. The maximum Gasteiger partial charge on any atom is 0.305 e. The zero-order valence-electron chi connectivity index (χ0n) is 10.7. The maximum atomic E-state index is 13.4. The molecule has 1 unspecified atom stereocenters. The third-order valence-corrected chi connectivity index (χ3v) is 5.14. The molecule has 0 aromatic heterocycles. The normalized spacial score (nSPS) is 19.9. The van der Waals surface area contributed by atoms with E-state index < -0.39 is 22.9 Å². The molecule has 6 nitrogen and oxygen atoms in total. The van der Waals surface area contributed by atoms with Crippen molar-refractivity contribution in [2.45, 2.75) is 11.7 Å². The molecule has 1 aromatic carbocycles. The first-order valence-electron chi connectivity index (χ1n) is 5.81. The molecule has 2 N–H and O–H groups in total. The fourth-order valence-corrected chi connectivity index (χ4v) is 3.82. The molecule has 10 heteroatoms. The van der Waals surface area contributed by atoms with E-state index in [1.807, 2.05) is 22.6 Å². The molecule has 1 aliphatic heterocycles. The molecular formula is C12H8BrFIN3O3S. The van der Waals surface area contributed by atoms with Crippen LogP contribution in [0.1, 0.15) is 12.0 Å². The summed E-state index contributed by atoms with van der Waals surface area (Å²) in [6, 6.07) is 2.92. The standard InChI is InChI=1S/C12H8BrFIN3O3S/c13-6-2-8(15)5(1-7(6)14)4-16-18-12-17-11(21)9(22-12)3-10(19)20/h1-2,4,9H,3H2,(H,19,20)(H,17,18,21). The van der Waals surface area contributed by atoms with Crippen molar-refractivity contribution < 1.29 is 19.1 Å². The number of hydrogen-bond acceptors (Lipinski definition) is 5. The number of carbonyl (C=O) groups is 2. The fraction of sp³-hybridized carbons (Fsp3) is 0.167. The van der Waals surface area contributed by atoms with Crippen LogP contribution in [0, 0.1) is 9.39 Å². The van der Waals surface area contributed by atoms with Gasteiger partial charge in [0.1, 0.15) is 11.1 Å². The van der Waals surface area contributed by atoms with Crippen molar-refractivity contribution in [3.63, 3.8) is 0 Å². The Morgan fingerprint density at radius 2 is 2.32 bits per heavy atom. The van der Waals surface area contributed by atoms with Crippen LogP contribution in [0.4, 0.5) is 4.39 Å². The topological polar surface area (TPSA) is 91.1 Å². The number of carboxylic acid groups (broad SMARTS) is 1. The van der Waals surface area contributed by atoms with Crippen molar-refractivity contribution in [1.29, 1.82) is 0 Å². The van der Waals surface area contributed by atoms with E-state index >= 15 is 0 Å². The summed E-state index contributed by atoms with van der Waals surface area (Å²) in [5.41, 5.74) is 0.544. The van der Waals surface area contributed by atoms with E-state index in [0.717, 1.165) is 15.3 Å². The highest BCUT2D eigenvalue weighted by Crippen LogP contribution is 2.23. The summed E-state index contributed by atoms with van der Waals surface area (Å²) in [7, 11) is 0. The van der Waals surface area contributed by atoms with Gasteiger partial charge in [-0.1, -0.05) is 11.8 Å². The minimum absolute atomic E-state index is 0.222. The molecule has 1 heterocycles. The lowest BCUT2D eigenvalue weighted by Gasteiger charge is -2.00. The molecule has 0 radical (unpaired) electrons. The molecule has 0 saturated carbocycles. The second-order valence-corrected chi connectivity index (χ2v) is 7.34. The van der Waals surface area contributed by atoms with Crippen molar-refractivity contribution >= 4 is 73.5 Å². The van der Waals surface area contributed by atoms with Crippen molar-refractivity contribution in [2.75, 3.05) is 0 Å². The quantitative estimate of drug-likeness (QED) is 0.288. The van der Waals surface area contributed by atoms with Crippen LogP contribution in [0.25, 0.3) is 0 Å². The smallest absolute Gasteiger partial charge is 0.305 e. The lowest BCUT2D eigenvalue weighted by atomic mass is 10.2. The molecule has 1 aromatic rings. The molecule has 0 bridgehead atoms. The van der Waals surface area contributed by atoms with Crippen LogP contribution < -0.4 is 5.32 Å². The van der Waals surface area contributed by atoms with Gasteiger partial charge in [-0.05, 0) is 50.7 Å². The lowest BCUT2D eigenvalue weighted by Crippen LogP contribution is -2.26. The summed E-state index contributed by atoms with van der Waals surface area (Å²) in [4.78, 5) is 22.1. The van der Waals surface area contributed by atoms with Gasteiger partial charge in [0.25, 0.3) is 0 Å². The molecule has 116 valence electrons. The van der Waals surface area contributed by atoms with Gasteiger partial charge in [0, 0.05) is 9.13 Å². The first-order valence-corrected chi connectivity index (χ1v) is 8.57. The molecule has 0 spiro atoms. The number of carbonyl (C=O) groups excluding carboxylic acids is 1. The Hall–Kier alpha value is -1.01. The van der Waals surface area contributed by atoms with Gasteiger partial charge in [0.2, 0.25) is 5.91 Å². The highest BCUT2D eigenvalue weighted by atomic mass is 127. The Morgan fingerprint density at radius 1 is 1.59 bits per heavy atom. The Labute approximate surface area is 150 Å². The van der Waals surface area contributed by atoms with Crippen molar-refractivity contribution in [2.24, 2.45) is 10.2 Å². The summed E-state index contributed by atoms with van der Waals surface area (Å²) in [5, 5.41) is 18.2. The van der Waals surface area contributed by atoms with Crippen molar-refractivity contribution in [1.82, 2.24) is 5.32 Å². The zero-order valence-corrected chi connectivity index (χ0v) is 15.3. The minimum atomic E-state index is -1.06. The van der Waals surface area contributed by atoms with Crippen LogP contribution in [0.15, 0.2) is 26.8 Å². The van der Waals surface area contributed by atoms with Gasteiger partial charge in [0.05, 0.1) is 17.1 Å². The average Bonchev–Trinajstić information content (AvgIpc) is 2.75. The molecule has 1 amide bonds. The molecule has 0 aliphatic carbocycles. The first kappa shape index (κ1) is 17.3. The monoisotopic (exact) mass is 499 g/mol. The van der Waals surface area contributed by atoms with Crippen molar-refractivity contribution in [3.05, 3.63) is 31.6 Å². The van der Waals surface area contributed by atoms with E-state index in [4.69, 9.17) is 5.11 Å².